The maximum Gasteiger partial charge on any atom is 0.0544 e. The van der Waals surface area contributed by atoms with Gasteiger partial charge in [0.1, 0.15) is 0 Å². The van der Waals surface area contributed by atoms with E-state index in [2.05, 4.69) is 304 Å². The Morgan fingerprint density at radius 2 is 0.566 bits per heavy atom. The zero-order chi connectivity index (χ0) is 50.7. The van der Waals surface area contributed by atoms with Crippen LogP contribution in [0.5, 0.6) is 0 Å². The van der Waals surface area contributed by atoms with Crippen LogP contribution in [0.15, 0.2) is 285 Å². The van der Waals surface area contributed by atoms with E-state index in [4.69, 9.17) is 0 Å². The SMILES string of the molecule is CC1(C)c2ccccc2-c2cc3c4ccccc4n(-c4cc(-c5cccc(-c6cc(-c7ccccc7)cc(-c7ccccc7)c6)c5)cc(-c5cccc(-c6cc(-c7ccccc7)cc(-c7ccccc7)c6)c5)c4)c3cc21. The minimum atomic E-state index is -0.147. The third-order valence-electron chi connectivity index (χ3n) is 15.9. The molecule has 0 aliphatic heterocycles. The summed E-state index contributed by atoms with van der Waals surface area (Å²) in [5, 5.41) is 2.51. The van der Waals surface area contributed by atoms with Crippen molar-refractivity contribution in [2.45, 2.75) is 19.3 Å². The average Bonchev–Trinajstić information content (AvgIpc) is 3.96. The topological polar surface area (TPSA) is 4.93 Å². The van der Waals surface area contributed by atoms with E-state index in [9.17, 15) is 0 Å². The fourth-order valence-corrected chi connectivity index (χ4v) is 12.0. The van der Waals surface area contributed by atoms with E-state index in [1.54, 1.807) is 0 Å². The second-order valence-corrected chi connectivity index (χ2v) is 20.9. The molecule has 13 aromatic rings. The quantitative estimate of drug-likeness (QED) is 0.136. The summed E-state index contributed by atoms with van der Waals surface area (Å²) in [7, 11) is 0. The monoisotopic (exact) mass is 967 g/mol. The molecule has 1 aromatic heterocycles. The molecule has 0 radical (unpaired) electrons. The molecule has 14 rings (SSSR count). The van der Waals surface area contributed by atoms with Gasteiger partial charge in [0.2, 0.25) is 0 Å². The number of hydrogen-bond donors (Lipinski definition) is 0. The Morgan fingerprint density at radius 3 is 1.01 bits per heavy atom. The van der Waals surface area contributed by atoms with Gasteiger partial charge in [-0.25, -0.2) is 0 Å². The van der Waals surface area contributed by atoms with Crippen LogP contribution in [-0.2, 0) is 5.41 Å². The number of hydrogen-bond acceptors (Lipinski definition) is 0. The molecule has 0 spiro atoms. The third-order valence-corrected chi connectivity index (χ3v) is 15.9. The van der Waals surface area contributed by atoms with Crippen molar-refractivity contribution in [3.63, 3.8) is 0 Å². The van der Waals surface area contributed by atoms with Gasteiger partial charge in [-0.3, -0.25) is 0 Å². The van der Waals surface area contributed by atoms with Crippen LogP contribution in [0.2, 0.25) is 0 Å². The van der Waals surface area contributed by atoms with Crippen LogP contribution in [0.3, 0.4) is 0 Å². The highest BCUT2D eigenvalue weighted by atomic mass is 15.0. The third kappa shape index (κ3) is 7.97. The first-order valence-corrected chi connectivity index (χ1v) is 26.5. The molecule has 0 unspecified atom stereocenters. The molecule has 0 amide bonds. The van der Waals surface area contributed by atoms with E-state index in [0.717, 1.165) is 27.9 Å². The van der Waals surface area contributed by atoms with Gasteiger partial charge in [-0.2, -0.15) is 0 Å². The normalized spacial score (nSPS) is 12.4. The summed E-state index contributed by atoms with van der Waals surface area (Å²) in [6, 6.07) is 105. The van der Waals surface area contributed by atoms with Crippen molar-refractivity contribution in [3.05, 3.63) is 296 Å². The lowest BCUT2D eigenvalue weighted by Crippen LogP contribution is -2.15. The standard InChI is InChI=1S/C75H53N/c1-75(2)71-35-17-15-33-67(71)69-48-70-68-34-16-18-36-73(68)76(74(70)49-72(69)75)66-46-64(56-31-19-29-54(37-56)62-41-58(50-21-7-3-8-22-50)39-59(42-62)51-23-9-4-10-24-51)45-65(47-66)57-32-20-30-55(38-57)63-43-60(52-25-11-5-12-26-52)40-61(44-63)53-27-13-6-14-28-53/h3-49H,1-2H3. The molecule has 0 N–H and O–H groups in total. The summed E-state index contributed by atoms with van der Waals surface area (Å²) in [6.45, 7) is 4.76. The first kappa shape index (κ1) is 45.1. The number of aromatic nitrogens is 1. The Hall–Kier alpha value is -9.56. The molecule has 12 aromatic carbocycles. The van der Waals surface area contributed by atoms with Gasteiger partial charge in [-0.05, 0) is 196 Å². The van der Waals surface area contributed by atoms with Crippen LogP contribution in [0.1, 0.15) is 25.0 Å². The largest absolute Gasteiger partial charge is 0.309 e. The van der Waals surface area contributed by atoms with E-state index in [0.29, 0.717) is 0 Å². The Kier molecular flexibility index (Phi) is 10.9. The smallest absolute Gasteiger partial charge is 0.0544 e. The van der Waals surface area contributed by atoms with Crippen LogP contribution in [0, 0.1) is 0 Å². The van der Waals surface area contributed by atoms with Gasteiger partial charge in [0, 0.05) is 21.9 Å². The zero-order valence-electron chi connectivity index (χ0n) is 42.6. The molecular formula is C75H53N. The number of benzene rings is 12. The van der Waals surface area contributed by atoms with Crippen LogP contribution in [0.4, 0.5) is 0 Å². The highest BCUT2D eigenvalue weighted by Gasteiger charge is 2.36. The molecule has 358 valence electrons. The molecule has 1 nitrogen and oxygen atoms in total. The molecule has 0 atom stereocenters. The van der Waals surface area contributed by atoms with Gasteiger partial charge >= 0.3 is 0 Å². The molecule has 76 heavy (non-hydrogen) atoms. The van der Waals surface area contributed by atoms with E-state index in [1.807, 2.05) is 0 Å². The maximum absolute atomic E-state index is 2.52. The molecule has 1 heteroatoms. The van der Waals surface area contributed by atoms with E-state index in [-0.39, 0.29) is 5.41 Å². The Balaban J connectivity index is 0.974. The first-order valence-electron chi connectivity index (χ1n) is 26.5. The van der Waals surface area contributed by atoms with Crippen molar-refractivity contribution in [1.29, 1.82) is 0 Å². The van der Waals surface area contributed by atoms with Crippen LogP contribution < -0.4 is 0 Å². The van der Waals surface area contributed by atoms with Crippen LogP contribution in [0.25, 0.3) is 128 Å². The Morgan fingerprint density at radius 1 is 0.224 bits per heavy atom. The second-order valence-electron chi connectivity index (χ2n) is 20.9. The molecule has 0 fully saturated rings. The number of nitrogens with zero attached hydrogens (tertiary/aromatic N) is 1. The summed E-state index contributed by atoms with van der Waals surface area (Å²) < 4.78 is 2.52. The predicted molar refractivity (Wildman–Crippen MR) is 322 cm³/mol. The van der Waals surface area contributed by atoms with Crippen molar-refractivity contribution < 1.29 is 0 Å². The van der Waals surface area contributed by atoms with Crippen molar-refractivity contribution in [1.82, 2.24) is 4.57 Å². The average molecular weight is 968 g/mol. The highest BCUT2D eigenvalue weighted by Crippen LogP contribution is 2.51. The molecule has 1 aliphatic rings. The fourth-order valence-electron chi connectivity index (χ4n) is 12.0. The highest BCUT2D eigenvalue weighted by molar-refractivity contribution is 6.12. The lowest BCUT2D eigenvalue weighted by molar-refractivity contribution is 0.661. The number of fused-ring (bicyclic) bond motifs is 6. The number of rotatable bonds is 9. The molecular weight excluding hydrogens is 915 g/mol. The predicted octanol–water partition coefficient (Wildman–Crippen LogP) is 20.4. The minimum absolute atomic E-state index is 0.147. The molecule has 1 heterocycles. The summed E-state index contributed by atoms with van der Waals surface area (Å²) in [4.78, 5) is 0. The molecule has 0 saturated carbocycles. The Bertz CT molecular complexity index is 4030. The summed E-state index contributed by atoms with van der Waals surface area (Å²) in [5.74, 6) is 0. The second kappa shape index (κ2) is 18.4. The van der Waals surface area contributed by atoms with Crippen molar-refractivity contribution >= 4 is 21.8 Å². The molecule has 0 bridgehead atoms. The van der Waals surface area contributed by atoms with Crippen molar-refractivity contribution in [2.24, 2.45) is 0 Å². The first-order chi connectivity index (χ1) is 37.4. The Labute approximate surface area is 445 Å². The van der Waals surface area contributed by atoms with Gasteiger partial charge < -0.3 is 4.57 Å². The van der Waals surface area contributed by atoms with E-state index >= 15 is 0 Å². The fraction of sp³-hybridized carbons (Fsp3) is 0.0400. The van der Waals surface area contributed by atoms with E-state index < -0.39 is 0 Å². The van der Waals surface area contributed by atoms with Crippen LogP contribution in [-0.4, -0.2) is 4.57 Å². The lowest BCUT2D eigenvalue weighted by atomic mass is 9.82. The van der Waals surface area contributed by atoms with Crippen molar-refractivity contribution in [2.75, 3.05) is 0 Å². The minimum Gasteiger partial charge on any atom is -0.309 e. The molecule has 1 aliphatic carbocycles. The van der Waals surface area contributed by atoms with Gasteiger partial charge in [-0.15, -0.1) is 0 Å². The number of para-hydroxylation sites is 1. The van der Waals surface area contributed by atoms with E-state index in [1.165, 1.54) is 111 Å². The summed E-state index contributed by atoms with van der Waals surface area (Å²) in [5.41, 5.74) is 27.7. The molecule has 0 saturated heterocycles. The zero-order valence-corrected chi connectivity index (χ0v) is 42.6. The van der Waals surface area contributed by atoms with Gasteiger partial charge in [-0.1, -0.05) is 214 Å². The van der Waals surface area contributed by atoms with Gasteiger partial charge in [0.05, 0.1) is 11.0 Å². The lowest BCUT2D eigenvalue weighted by Gasteiger charge is -2.22. The maximum atomic E-state index is 2.52. The van der Waals surface area contributed by atoms with Gasteiger partial charge in [0.25, 0.3) is 0 Å². The summed E-state index contributed by atoms with van der Waals surface area (Å²) >= 11 is 0. The van der Waals surface area contributed by atoms with Gasteiger partial charge in [0.15, 0.2) is 0 Å². The van der Waals surface area contributed by atoms with Crippen molar-refractivity contribution in [3.8, 4) is 106 Å². The van der Waals surface area contributed by atoms with Crippen LogP contribution >= 0.6 is 0 Å². The summed E-state index contributed by atoms with van der Waals surface area (Å²) in [6.07, 6.45) is 0.